The molecule has 94 valence electrons. The van der Waals surface area contributed by atoms with Crippen LogP contribution in [0.2, 0.25) is 0 Å². The first-order valence-corrected chi connectivity index (χ1v) is 6.33. The lowest BCUT2D eigenvalue weighted by Gasteiger charge is -2.09. The number of hydrogen-bond donors (Lipinski definition) is 2. The molecule has 1 aromatic heterocycles. The van der Waals surface area contributed by atoms with Crippen molar-refractivity contribution in [2.75, 3.05) is 13.1 Å². The Bertz CT molecular complexity index is 366. The van der Waals surface area contributed by atoms with Gasteiger partial charge in [-0.15, -0.1) is 0 Å². The molecule has 0 bridgehead atoms. The van der Waals surface area contributed by atoms with Gasteiger partial charge in [-0.05, 0) is 44.0 Å². The minimum atomic E-state index is 0.165. The summed E-state index contributed by atoms with van der Waals surface area (Å²) in [6, 6.07) is 4.02. The highest BCUT2D eigenvalue weighted by atomic mass is 16.1. The molecular weight excluding hydrogens is 214 g/mol. The molecule has 1 aliphatic rings. The fourth-order valence-corrected chi connectivity index (χ4v) is 2.25. The summed E-state index contributed by atoms with van der Waals surface area (Å²) in [6.45, 7) is 2.81. The van der Waals surface area contributed by atoms with Crippen LogP contribution in [0.25, 0.3) is 0 Å². The van der Waals surface area contributed by atoms with Gasteiger partial charge in [-0.3, -0.25) is 4.79 Å². The van der Waals surface area contributed by atoms with E-state index in [1.807, 2.05) is 29.9 Å². The Kier molecular flexibility index (Phi) is 4.20. The molecule has 1 saturated heterocycles. The molecule has 0 saturated carbocycles. The summed E-state index contributed by atoms with van der Waals surface area (Å²) in [6.07, 6.45) is 4.86. The average molecular weight is 235 g/mol. The Morgan fingerprint density at radius 2 is 2.53 bits per heavy atom. The van der Waals surface area contributed by atoms with Crippen LogP contribution in [-0.2, 0) is 18.4 Å². The fourth-order valence-electron chi connectivity index (χ4n) is 2.25. The predicted molar refractivity (Wildman–Crippen MR) is 67.5 cm³/mol. The smallest absolute Gasteiger partial charge is 0.220 e. The Balaban J connectivity index is 1.65. The number of carbonyl (C=O) groups excluding carboxylic acids is 1. The van der Waals surface area contributed by atoms with E-state index in [1.165, 1.54) is 6.42 Å². The van der Waals surface area contributed by atoms with Gasteiger partial charge in [0.15, 0.2) is 0 Å². The molecule has 0 aliphatic carbocycles. The van der Waals surface area contributed by atoms with Gasteiger partial charge in [0.05, 0.1) is 6.54 Å². The molecule has 1 aliphatic heterocycles. The molecule has 2 heterocycles. The molecule has 0 radical (unpaired) electrons. The molecule has 1 fully saturated rings. The van der Waals surface area contributed by atoms with E-state index in [0.29, 0.717) is 18.9 Å². The SMILES string of the molecule is Cn1cccc1CNC(=O)CCC1CCNC1. The fraction of sp³-hybridized carbons (Fsp3) is 0.615. The third-order valence-electron chi connectivity index (χ3n) is 3.46. The number of carbonyl (C=O) groups is 1. The quantitative estimate of drug-likeness (QED) is 0.801. The lowest BCUT2D eigenvalue weighted by Crippen LogP contribution is -2.24. The summed E-state index contributed by atoms with van der Waals surface area (Å²) in [5, 5.41) is 6.29. The highest BCUT2D eigenvalue weighted by Crippen LogP contribution is 2.13. The van der Waals surface area contributed by atoms with Gasteiger partial charge in [-0.1, -0.05) is 0 Å². The van der Waals surface area contributed by atoms with Crippen molar-refractivity contribution in [3.8, 4) is 0 Å². The Morgan fingerprint density at radius 1 is 1.65 bits per heavy atom. The molecule has 2 rings (SSSR count). The lowest BCUT2D eigenvalue weighted by molar-refractivity contribution is -0.121. The summed E-state index contributed by atoms with van der Waals surface area (Å²) in [5.74, 6) is 0.855. The number of rotatable bonds is 5. The summed E-state index contributed by atoms with van der Waals surface area (Å²) in [5.41, 5.74) is 1.14. The van der Waals surface area contributed by atoms with Crippen molar-refractivity contribution in [3.63, 3.8) is 0 Å². The number of aryl methyl sites for hydroxylation is 1. The second-order valence-electron chi connectivity index (χ2n) is 4.78. The van der Waals surface area contributed by atoms with Gasteiger partial charge < -0.3 is 15.2 Å². The lowest BCUT2D eigenvalue weighted by atomic mass is 10.0. The summed E-state index contributed by atoms with van der Waals surface area (Å²) in [4.78, 5) is 11.7. The Morgan fingerprint density at radius 3 is 3.18 bits per heavy atom. The predicted octanol–water partition coefficient (Wildman–Crippen LogP) is 1.03. The van der Waals surface area contributed by atoms with Crippen LogP contribution in [0.4, 0.5) is 0 Å². The molecule has 0 aromatic carbocycles. The molecule has 2 N–H and O–H groups in total. The Hall–Kier alpha value is -1.29. The highest BCUT2D eigenvalue weighted by Gasteiger charge is 2.15. The van der Waals surface area contributed by atoms with Crippen LogP contribution in [0.3, 0.4) is 0 Å². The standard InChI is InChI=1S/C13H21N3O/c1-16-8-2-3-12(16)10-15-13(17)5-4-11-6-7-14-9-11/h2-3,8,11,14H,4-7,9-10H2,1H3,(H,15,17). The molecular formula is C13H21N3O. The monoisotopic (exact) mass is 235 g/mol. The van der Waals surface area contributed by atoms with Crippen molar-refractivity contribution in [3.05, 3.63) is 24.0 Å². The normalized spacial score (nSPS) is 19.5. The maximum atomic E-state index is 11.7. The maximum Gasteiger partial charge on any atom is 0.220 e. The van der Waals surface area contributed by atoms with Gasteiger partial charge >= 0.3 is 0 Å². The van der Waals surface area contributed by atoms with E-state index in [1.54, 1.807) is 0 Å². The van der Waals surface area contributed by atoms with Crippen molar-refractivity contribution in [2.45, 2.75) is 25.8 Å². The second kappa shape index (κ2) is 5.87. The van der Waals surface area contributed by atoms with Crippen molar-refractivity contribution >= 4 is 5.91 Å². The molecule has 1 atom stereocenters. The highest BCUT2D eigenvalue weighted by molar-refractivity contribution is 5.75. The van der Waals surface area contributed by atoms with Crippen molar-refractivity contribution in [1.82, 2.24) is 15.2 Å². The van der Waals surface area contributed by atoms with Gasteiger partial charge in [0.1, 0.15) is 0 Å². The van der Waals surface area contributed by atoms with Crippen molar-refractivity contribution in [1.29, 1.82) is 0 Å². The molecule has 0 spiro atoms. The van der Waals surface area contributed by atoms with Crippen LogP contribution in [0.5, 0.6) is 0 Å². The zero-order valence-corrected chi connectivity index (χ0v) is 10.4. The minimum Gasteiger partial charge on any atom is -0.353 e. The summed E-state index contributed by atoms with van der Waals surface area (Å²) in [7, 11) is 1.99. The third kappa shape index (κ3) is 3.60. The van der Waals surface area contributed by atoms with E-state index in [2.05, 4.69) is 10.6 Å². The van der Waals surface area contributed by atoms with Crippen LogP contribution in [0.1, 0.15) is 25.0 Å². The number of hydrogen-bond acceptors (Lipinski definition) is 2. The Labute approximate surface area is 102 Å². The number of amides is 1. The van der Waals surface area contributed by atoms with Gasteiger partial charge in [-0.2, -0.15) is 0 Å². The molecule has 4 nitrogen and oxygen atoms in total. The minimum absolute atomic E-state index is 0.165. The van der Waals surface area contributed by atoms with E-state index in [0.717, 1.165) is 25.2 Å². The van der Waals surface area contributed by atoms with E-state index < -0.39 is 0 Å². The van der Waals surface area contributed by atoms with Crippen LogP contribution < -0.4 is 10.6 Å². The van der Waals surface area contributed by atoms with Gasteiger partial charge in [-0.25, -0.2) is 0 Å². The number of nitrogens with one attached hydrogen (secondary N) is 2. The molecule has 4 heteroatoms. The van der Waals surface area contributed by atoms with E-state index in [4.69, 9.17) is 0 Å². The van der Waals surface area contributed by atoms with Crippen LogP contribution in [0, 0.1) is 5.92 Å². The maximum absolute atomic E-state index is 11.7. The van der Waals surface area contributed by atoms with Crippen molar-refractivity contribution in [2.24, 2.45) is 13.0 Å². The molecule has 1 aromatic rings. The van der Waals surface area contributed by atoms with Crippen LogP contribution in [-0.4, -0.2) is 23.6 Å². The zero-order valence-electron chi connectivity index (χ0n) is 10.4. The third-order valence-corrected chi connectivity index (χ3v) is 3.46. The van der Waals surface area contributed by atoms with Crippen LogP contribution >= 0.6 is 0 Å². The topological polar surface area (TPSA) is 46.1 Å². The first kappa shape index (κ1) is 12.2. The summed E-state index contributed by atoms with van der Waals surface area (Å²) >= 11 is 0. The number of aromatic nitrogens is 1. The zero-order chi connectivity index (χ0) is 12.1. The molecule has 17 heavy (non-hydrogen) atoms. The average Bonchev–Trinajstić information content (AvgIpc) is 2.95. The second-order valence-corrected chi connectivity index (χ2v) is 4.78. The molecule has 1 amide bonds. The van der Waals surface area contributed by atoms with E-state index >= 15 is 0 Å². The van der Waals surface area contributed by atoms with Gasteiger partial charge in [0.2, 0.25) is 5.91 Å². The van der Waals surface area contributed by atoms with Gasteiger partial charge in [0, 0.05) is 25.4 Å². The number of nitrogens with zero attached hydrogens (tertiary/aromatic N) is 1. The first-order chi connectivity index (χ1) is 8.25. The van der Waals surface area contributed by atoms with Gasteiger partial charge in [0.25, 0.3) is 0 Å². The largest absolute Gasteiger partial charge is 0.353 e. The molecule has 1 unspecified atom stereocenters. The van der Waals surface area contributed by atoms with Crippen LogP contribution in [0.15, 0.2) is 18.3 Å². The van der Waals surface area contributed by atoms with E-state index in [9.17, 15) is 4.79 Å². The van der Waals surface area contributed by atoms with Crippen molar-refractivity contribution < 1.29 is 4.79 Å². The first-order valence-electron chi connectivity index (χ1n) is 6.33. The van der Waals surface area contributed by atoms with E-state index in [-0.39, 0.29) is 5.91 Å². The summed E-state index contributed by atoms with van der Waals surface area (Å²) < 4.78 is 2.03.